The highest BCUT2D eigenvalue weighted by Gasteiger charge is 2.21. The van der Waals surface area contributed by atoms with Gasteiger partial charge in [0.05, 0.1) is 19.1 Å². The molecule has 6 heteroatoms. The number of benzene rings is 1. The molecule has 1 amide bonds. The number of rotatable bonds is 4. The number of anilines is 1. The van der Waals surface area contributed by atoms with Gasteiger partial charge in [0.15, 0.2) is 0 Å². The molecule has 0 aliphatic carbocycles. The van der Waals surface area contributed by atoms with Crippen LogP contribution in [0.3, 0.4) is 0 Å². The van der Waals surface area contributed by atoms with E-state index in [1.54, 1.807) is 17.0 Å². The summed E-state index contributed by atoms with van der Waals surface area (Å²) in [5.41, 5.74) is 0.720. The van der Waals surface area contributed by atoms with Crippen LogP contribution >= 0.6 is 12.4 Å². The Morgan fingerprint density at radius 3 is 2.70 bits per heavy atom. The van der Waals surface area contributed by atoms with Gasteiger partial charge in [-0.25, -0.2) is 4.39 Å². The number of nitrogens with zero attached hydrogens (tertiary/aromatic N) is 1. The molecule has 1 fully saturated rings. The summed E-state index contributed by atoms with van der Waals surface area (Å²) in [6.45, 7) is 4.64. The molecule has 1 heterocycles. The first kappa shape index (κ1) is 16.9. The molecule has 0 saturated carbocycles. The summed E-state index contributed by atoms with van der Waals surface area (Å²) in [6, 6.07) is 5.97. The van der Waals surface area contributed by atoms with E-state index in [1.165, 1.54) is 12.1 Å². The Kier molecular flexibility index (Phi) is 6.91. The highest BCUT2D eigenvalue weighted by Crippen LogP contribution is 2.17. The van der Waals surface area contributed by atoms with Crippen molar-refractivity contribution < 1.29 is 13.9 Å². The van der Waals surface area contributed by atoms with Crippen LogP contribution in [-0.2, 0) is 9.53 Å². The lowest BCUT2D eigenvalue weighted by atomic mass is 10.2. The maximum absolute atomic E-state index is 12.9. The summed E-state index contributed by atoms with van der Waals surface area (Å²) >= 11 is 0. The number of hydrogen-bond acceptors (Lipinski definition) is 3. The fourth-order valence-electron chi connectivity index (χ4n) is 2.18. The zero-order valence-electron chi connectivity index (χ0n) is 11.5. The minimum Gasteiger partial charge on any atom is -0.375 e. The molecule has 112 valence electrons. The van der Waals surface area contributed by atoms with E-state index in [2.05, 4.69) is 5.32 Å². The molecule has 1 saturated heterocycles. The molecular weight excluding hydrogens is 283 g/mol. The van der Waals surface area contributed by atoms with Gasteiger partial charge in [-0.1, -0.05) is 0 Å². The van der Waals surface area contributed by atoms with Crippen molar-refractivity contribution in [1.29, 1.82) is 0 Å². The summed E-state index contributed by atoms with van der Waals surface area (Å²) in [4.78, 5) is 13.9. The second-order valence-corrected chi connectivity index (χ2v) is 4.52. The third kappa shape index (κ3) is 4.44. The predicted molar refractivity (Wildman–Crippen MR) is 78.9 cm³/mol. The van der Waals surface area contributed by atoms with Crippen molar-refractivity contribution in [3.8, 4) is 0 Å². The molecule has 4 nitrogen and oxygen atoms in total. The largest absolute Gasteiger partial charge is 0.375 e. The minimum atomic E-state index is -0.299. The fourth-order valence-corrected chi connectivity index (χ4v) is 2.18. The van der Waals surface area contributed by atoms with Gasteiger partial charge in [0.1, 0.15) is 5.82 Å². The molecule has 0 aromatic heterocycles. The molecule has 1 N–H and O–H groups in total. The number of carbonyl (C=O) groups is 1. The van der Waals surface area contributed by atoms with Crippen LogP contribution in [0.2, 0.25) is 0 Å². The Bertz CT molecular complexity index is 422. The molecule has 1 aliphatic rings. The van der Waals surface area contributed by atoms with Crippen molar-refractivity contribution in [2.75, 3.05) is 31.1 Å². The Balaban J connectivity index is 0.00000200. The number of morpholine rings is 1. The third-order valence-electron chi connectivity index (χ3n) is 3.16. The second kappa shape index (κ2) is 8.19. The molecule has 1 aliphatic heterocycles. The van der Waals surface area contributed by atoms with Gasteiger partial charge in [-0.05, 0) is 31.2 Å². The number of carbonyl (C=O) groups excluding carboxylic acids is 1. The summed E-state index contributed by atoms with van der Waals surface area (Å²) in [6.07, 6.45) is 0.272. The summed E-state index contributed by atoms with van der Waals surface area (Å²) in [5.74, 6) is -0.296. The van der Waals surface area contributed by atoms with E-state index in [9.17, 15) is 9.18 Å². The van der Waals surface area contributed by atoms with Crippen molar-refractivity contribution in [1.82, 2.24) is 5.32 Å². The number of halogens is 2. The van der Waals surface area contributed by atoms with Gasteiger partial charge in [-0.2, -0.15) is 0 Å². The van der Waals surface area contributed by atoms with Crippen molar-refractivity contribution >= 4 is 24.0 Å². The number of nitrogens with one attached hydrogen (secondary N) is 1. The van der Waals surface area contributed by atoms with Gasteiger partial charge in [0.25, 0.3) is 0 Å². The zero-order valence-corrected chi connectivity index (χ0v) is 12.3. The van der Waals surface area contributed by atoms with Gasteiger partial charge in [-0.15, -0.1) is 12.4 Å². The van der Waals surface area contributed by atoms with Crippen LogP contribution < -0.4 is 10.2 Å². The first-order valence-electron chi connectivity index (χ1n) is 6.59. The maximum atomic E-state index is 12.9. The van der Waals surface area contributed by atoms with Crippen molar-refractivity contribution in [3.63, 3.8) is 0 Å². The topological polar surface area (TPSA) is 41.6 Å². The highest BCUT2D eigenvalue weighted by molar-refractivity contribution is 5.93. The Labute approximate surface area is 124 Å². The van der Waals surface area contributed by atoms with E-state index in [0.717, 1.165) is 12.2 Å². The molecule has 1 aromatic rings. The van der Waals surface area contributed by atoms with E-state index in [0.29, 0.717) is 26.1 Å². The van der Waals surface area contributed by atoms with Crippen LogP contribution in [0.4, 0.5) is 10.1 Å². The van der Waals surface area contributed by atoms with Crippen molar-refractivity contribution in [2.24, 2.45) is 0 Å². The Morgan fingerprint density at radius 2 is 2.15 bits per heavy atom. The van der Waals surface area contributed by atoms with Crippen LogP contribution in [0.25, 0.3) is 0 Å². The van der Waals surface area contributed by atoms with Gasteiger partial charge in [0.2, 0.25) is 5.91 Å². The van der Waals surface area contributed by atoms with Crippen LogP contribution in [0.15, 0.2) is 24.3 Å². The van der Waals surface area contributed by atoms with Gasteiger partial charge in [0, 0.05) is 25.3 Å². The van der Waals surface area contributed by atoms with Gasteiger partial charge < -0.3 is 15.0 Å². The van der Waals surface area contributed by atoms with E-state index in [4.69, 9.17) is 4.74 Å². The normalized spacial score (nSPS) is 18.2. The van der Waals surface area contributed by atoms with Crippen molar-refractivity contribution in [3.05, 3.63) is 30.1 Å². The molecule has 2 rings (SSSR count). The maximum Gasteiger partial charge on any atom is 0.229 e. The predicted octanol–water partition coefficient (Wildman–Crippen LogP) is 1.98. The molecule has 1 aromatic carbocycles. The van der Waals surface area contributed by atoms with Crippen LogP contribution in [0.1, 0.15) is 13.3 Å². The molecular formula is C14H20ClFN2O2. The van der Waals surface area contributed by atoms with Crippen LogP contribution in [0.5, 0.6) is 0 Å². The fraction of sp³-hybridized carbons (Fsp3) is 0.500. The highest BCUT2D eigenvalue weighted by atomic mass is 35.5. The number of hydrogen-bond donors (Lipinski definition) is 1. The van der Waals surface area contributed by atoms with E-state index >= 15 is 0 Å². The average molecular weight is 303 g/mol. The lowest BCUT2D eigenvalue weighted by Crippen LogP contribution is -2.42. The van der Waals surface area contributed by atoms with Gasteiger partial charge >= 0.3 is 0 Å². The smallest absolute Gasteiger partial charge is 0.229 e. The quantitative estimate of drug-likeness (QED) is 0.925. The standard InChI is InChI=1S/C14H19FN2O2.ClH/c1-2-17(12-5-3-11(15)4-6-12)14(18)9-13-10-16-7-8-19-13;/h3-6,13,16H,2,7-10H2,1H3;1H. The average Bonchev–Trinajstić information content (AvgIpc) is 2.43. The summed E-state index contributed by atoms with van der Waals surface area (Å²) < 4.78 is 18.4. The third-order valence-corrected chi connectivity index (χ3v) is 3.16. The van der Waals surface area contributed by atoms with Crippen LogP contribution in [-0.4, -0.2) is 38.3 Å². The Morgan fingerprint density at radius 1 is 1.45 bits per heavy atom. The monoisotopic (exact) mass is 302 g/mol. The lowest BCUT2D eigenvalue weighted by molar-refractivity contribution is -0.121. The zero-order chi connectivity index (χ0) is 13.7. The molecule has 1 atom stereocenters. The first-order chi connectivity index (χ1) is 9.20. The second-order valence-electron chi connectivity index (χ2n) is 4.52. The molecule has 0 bridgehead atoms. The molecule has 0 spiro atoms. The van der Waals surface area contributed by atoms with Crippen LogP contribution in [0, 0.1) is 5.82 Å². The molecule has 1 unspecified atom stereocenters. The SMILES string of the molecule is CCN(C(=O)CC1CNCCO1)c1ccc(F)cc1.Cl. The number of ether oxygens (including phenoxy) is 1. The number of amides is 1. The summed E-state index contributed by atoms with van der Waals surface area (Å²) in [5, 5.41) is 3.20. The summed E-state index contributed by atoms with van der Waals surface area (Å²) in [7, 11) is 0. The van der Waals surface area contributed by atoms with E-state index < -0.39 is 0 Å². The molecule has 0 radical (unpaired) electrons. The van der Waals surface area contributed by atoms with Gasteiger partial charge in [-0.3, -0.25) is 4.79 Å². The first-order valence-corrected chi connectivity index (χ1v) is 6.59. The lowest BCUT2D eigenvalue weighted by Gasteiger charge is -2.27. The van der Waals surface area contributed by atoms with E-state index in [1.807, 2.05) is 6.92 Å². The Hall–Kier alpha value is -1.17. The van der Waals surface area contributed by atoms with Crippen molar-refractivity contribution in [2.45, 2.75) is 19.4 Å². The molecule has 20 heavy (non-hydrogen) atoms. The van der Waals surface area contributed by atoms with E-state index in [-0.39, 0.29) is 30.2 Å². The minimum absolute atomic E-state index is 0.